The van der Waals surface area contributed by atoms with E-state index in [1.54, 1.807) is 0 Å². The third kappa shape index (κ3) is 2.03. The number of carbonyl (C=O) groups excluding carboxylic acids is 1. The summed E-state index contributed by atoms with van der Waals surface area (Å²) in [6, 6.07) is -1.51. The third-order valence-electron chi connectivity index (χ3n) is 3.12. The summed E-state index contributed by atoms with van der Waals surface area (Å²) in [4.78, 5) is 24.3. The Hall–Kier alpha value is -1.14. The number of aliphatic carboxylic acids is 1. The number of aliphatic hydroxyl groups is 1. The summed E-state index contributed by atoms with van der Waals surface area (Å²) in [5.41, 5.74) is 0. The van der Waals surface area contributed by atoms with Crippen LogP contribution < -0.4 is 5.31 Å². The molecule has 2 aliphatic rings. The monoisotopic (exact) mass is 229 g/mol. The molecule has 2 saturated heterocycles. The molecule has 0 aromatic carbocycles. The Bertz CT molecular complexity index is 338. The summed E-state index contributed by atoms with van der Waals surface area (Å²) >= 11 is 0. The first-order valence-electron chi connectivity index (χ1n) is 5.92. The van der Waals surface area contributed by atoms with E-state index in [0.717, 1.165) is 6.42 Å². The molecule has 2 fully saturated rings. The largest absolute Gasteiger partial charge is 0.480 e. The Morgan fingerprint density at radius 1 is 1.50 bits per heavy atom. The summed E-state index contributed by atoms with van der Waals surface area (Å²) in [7, 11) is 0. The molecule has 6 heteroatoms. The van der Waals surface area contributed by atoms with Crippen LogP contribution in [0.2, 0.25) is 1.41 Å². The van der Waals surface area contributed by atoms with Gasteiger partial charge in [0.1, 0.15) is 7.45 Å². The Balaban J connectivity index is 2.10. The number of hydrogen-bond donors (Lipinski definition) is 3. The highest BCUT2D eigenvalue weighted by atomic mass is 16.4. The lowest BCUT2D eigenvalue weighted by Gasteiger charge is -2.24. The zero-order valence-corrected chi connectivity index (χ0v) is 8.87. The van der Waals surface area contributed by atoms with Crippen molar-refractivity contribution in [2.75, 3.05) is 13.1 Å². The minimum atomic E-state index is -1.09. The molecule has 3 N–H and O–H groups in total. The van der Waals surface area contributed by atoms with Crippen molar-refractivity contribution in [2.45, 2.75) is 37.5 Å². The van der Waals surface area contributed by atoms with Crippen LogP contribution in [-0.2, 0) is 9.59 Å². The fourth-order valence-corrected chi connectivity index (χ4v) is 2.31. The molecule has 3 atom stereocenters. The van der Waals surface area contributed by atoms with Gasteiger partial charge in [-0.05, 0) is 19.4 Å². The highest BCUT2D eigenvalue weighted by Gasteiger charge is 2.41. The predicted octanol–water partition coefficient (Wildman–Crippen LogP) is -1.22. The maximum absolute atomic E-state index is 12.1. The fraction of sp³-hybridized carbons (Fsp3) is 0.800. The minimum absolute atomic E-state index is 0.0557. The molecule has 0 aromatic heterocycles. The number of nitrogens with one attached hydrogen (secondary N) is 1. The molecule has 0 saturated carbocycles. The van der Waals surface area contributed by atoms with Gasteiger partial charge < -0.3 is 20.4 Å². The molecule has 0 radical (unpaired) electrons. The number of nitrogens with zero attached hydrogens (tertiary/aromatic N) is 1. The van der Waals surface area contributed by atoms with Gasteiger partial charge in [-0.2, -0.15) is 0 Å². The van der Waals surface area contributed by atoms with Crippen molar-refractivity contribution in [2.24, 2.45) is 0 Å². The minimum Gasteiger partial charge on any atom is -0.480 e. The maximum atomic E-state index is 12.1. The molecule has 2 heterocycles. The van der Waals surface area contributed by atoms with Crippen LogP contribution in [0.5, 0.6) is 0 Å². The van der Waals surface area contributed by atoms with Crippen molar-refractivity contribution >= 4 is 11.9 Å². The van der Waals surface area contributed by atoms with Crippen molar-refractivity contribution in [1.29, 1.82) is 0 Å². The van der Waals surface area contributed by atoms with E-state index < -0.39 is 24.2 Å². The Kier molecular flexibility index (Phi) is 2.75. The molecule has 16 heavy (non-hydrogen) atoms. The van der Waals surface area contributed by atoms with E-state index in [1.807, 2.05) is 0 Å². The maximum Gasteiger partial charge on any atom is 0.326 e. The number of carboxylic acids is 1. The quantitative estimate of drug-likeness (QED) is 0.552. The van der Waals surface area contributed by atoms with E-state index in [0.29, 0.717) is 13.0 Å². The van der Waals surface area contributed by atoms with Crippen LogP contribution in [-0.4, -0.2) is 58.3 Å². The topological polar surface area (TPSA) is 89.9 Å². The van der Waals surface area contributed by atoms with Gasteiger partial charge in [-0.1, -0.05) is 0 Å². The first-order chi connectivity index (χ1) is 8.00. The molecule has 0 spiro atoms. The standard InChI is InChI=1S/C10H16N2O4/c13-6-4-8(10(15)16)12(5-6)9(14)7-2-1-3-11-7/h6-8,11,13H,1-5H2,(H,15,16)/t6-,7-,8+/m1/s1/i/hD. The SMILES string of the molecule is [2H]N1CCC[C@@H]1C(=O)N1C[C@H](O)C[C@H]1C(=O)O. The Morgan fingerprint density at radius 3 is 2.81 bits per heavy atom. The van der Waals surface area contributed by atoms with E-state index >= 15 is 0 Å². The second kappa shape index (κ2) is 4.39. The average Bonchev–Trinajstić information content (AvgIpc) is 2.83. The normalized spacial score (nSPS) is 36.4. The summed E-state index contributed by atoms with van der Waals surface area (Å²) in [6.07, 6.45) is 0.654. The van der Waals surface area contributed by atoms with Crippen molar-refractivity contribution in [3.8, 4) is 0 Å². The van der Waals surface area contributed by atoms with Gasteiger partial charge in [0.15, 0.2) is 0 Å². The van der Waals surface area contributed by atoms with Crippen LogP contribution in [0.1, 0.15) is 19.3 Å². The highest BCUT2D eigenvalue weighted by molar-refractivity contribution is 5.87. The number of aliphatic hydroxyl groups excluding tert-OH is 1. The van der Waals surface area contributed by atoms with Crippen LogP contribution in [0.25, 0.3) is 0 Å². The number of likely N-dealkylation sites (tertiary alicyclic amines) is 1. The highest BCUT2D eigenvalue weighted by Crippen LogP contribution is 2.21. The smallest absolute Gasteiger partial charge is 0.326 e. The first kappa shape index (κ1) is 10.0. The Morgan fingerprint density at radius 2 is 2.25 bits per heavy atom. The number of rotatable bonds is 2. The van der Waals surface area contributed by atoms with Crippen molar-refractivity contribution in [1.82, 2.24) is 10.2 Å². The Labute approximate surface area is 94.7 Å². The van der Waals surface area contributed by atoms with Crippen LogP contribution in [0.3, 0.4) is 0 Å². The van der Waals surface area contributed by atoms with Crippen molar-refractivity contribution < 1.29 is 21.2 Å². The molecule has 0 bridgehead atoms. The van der Waals surface area contributed by atoms with Gasteiger partial charge >= 0.3 is 5.97 Å². The van der Waals surface area contributed by atoms with Crippen LogP contribution in [0.15, 0.2) is 0 Å². The second-order valence-corrected chi connectivity index (χ2v) is 4.30. The van der Waals surface area contributed by atoms with Crippen molar-refractivity contribution in [3.05, 3.63) is 0 Å². The van der Waals surface area contributed by atoms with Gasteiger partial charge in [-0.25, -0.2) is 4.79 Å². The first-order valence-corrected chi connectivity index (χ1v) is 5.47. The molecule has 2 aliphatic heterocycles. The lowest BCUT2D eigenvalue weighted by molar-refractivity contribution is -0.148. The lowest BCUT2D eigenvalue weighted by Crippen LogP contribution is -2.48. The molecule has 0 aromatic rings. The molecule has 2 rings (SSSR count). The van der Waals surface area contributed by atoms with Gasteiger partial charge in [0.2, 0.25) is 5.91 Å². The average molecular weight is 229 g/mol. The number of hydrogen-bond acceptors (Lipinski definition) is 4. The van der Waals surface area contributed by atoms with E-state index in [-0.39, 0.29) is 18.9 Å². The summed E-state index contributed by atoms with van der Waals surface area (Å²) in [6.45, 7) is 0.588. The van der Waals surface area contributed by atoms with E-state index in [2.05, 4.69) is 0 Å². The summed E-state index contributed by atoms with van der Waals surface area (Å²) in [5.74, 6) is -1.44. The van der Waals surface area contributed by atoms with Gasteiger partial charge in [0, 0.05) is 13.0 Å². The van der Waals surface area contributed by atoms with Gasteiger partial charge in [0.05, 0.1) is 12.1 Å². The van der Waals surface area contributed by atoms with Gasteiger partial charge in [-0.3, -0.25) is 4.79 Å². The van der Waals surface area contributed by atoms with Crippen molar-refractivity contribution in [3.63, 3.8) is 0 Å². The molecule has 90 valence electrons. The van der Waals surface area contributed by atoms with E-state index in [1.165, 1.54) is 10.2 Å². The number of amides is 1. The number of carbonyl (C=O) groups is 2. The number of β-amino-alcohol motifs (C(OH)–C–C–N with tert-alkyl or cyclic N) is 1. The zero-order chi connectivity index (χ0) is 12.6. The summed E-state index contributed by atoms with van der Waals surface area (Å²) in [5, 5.41) is 19.7. The van der Waals surface area contributed by atoms with Crippen LogP contribution in [0.4, 0.5) is 0 Å². The predicted molar refractivity (Wildman–Crippen MR) is 54.8 cm³/mol. The van der Waals surface area contributed by atoms with E-state index in [9.17, 15) is 14.7 Å². The van der Waals surface area contributed by atoms with Gasteiger partial charge in [0.25, 0.3) is 0 Å². The van der Waals surface area contributed by atoms with E-state index in [4.69, 9.17) is 6.52 Å². The van der Waals surface area contributed by atoms with Gasteiger partial charge in [-0.15, -0.1) is 0 Å². The molecule has 6 nitrogen and oxygen atoms in total. The number of carboxylic acid groups (broad SMARTS) is 1. The second-order valence-electron chi connectivity index (χ2n) is 4.30. The molecule has 1 amide bonds. The third-order valence-corrected chi connectivity index (χ3v) is 3.12. The zero-order valence-electron chi connectivity index (χ0n) is 9.87. The molecular formula is C10H16N2O4. The fourth-order valence-electron chi connectivity index (χ4n) is 2.31. The summed E-state index contributed by atoms with van der Waals surface area (Å²) < 4.78 is 7.58. The molecular weight excluding hydrogens is 212 g/mol. The van der Waals surface area contributed by atoms with Crippen LogP contribution >= 0.6 is 0 Å². The lowest BCUT2D eigenvalue weighted by atomic mass is 10.1. The van der Waals surface area contributed by atoms with Crippen LogP contribution in [0, 0.1) is 0 Å². The molecule has 0 aliphatic carbocycles. The molecule has 0 unspecified atom stereocenters.